The van der Waals surface area contributed by atoms with Crippen molar-refractivity contribution < 1.29 is 8.42 Å². The molecular weight excluding hydrogens is 258 g/mol. The molecule has 0 aliphatic rings. The molecule has 0 aliphatic carbocycles. The van der Waals surface area contributed by atoms with Crippen LogP contribution >= 0.6 is 0 Å². The van der Waals surface area contributed by atoms with Crippen molar-refractivity contribution in [2.45, 2.75) is 44.9 Å². The molecule has 0 spiro atoms. The smallest absolute Gasteiger partial charge is 0.151 e. The van der Waals surface area contributed by atoms with E-state index in [2.05, 4.69) is 37.4 Å². The van der Waals surface area contributed by atoms with Crippen LogP contribution in [0.3, 0.4) is 0 Å². The second kappa shape index (κ2) is 7.06. The summed E-state index contributed by atoms with van der Waals surface area (Å²) in [5, 5.41) is 2.99. The number of rotatable bonds is 7. The molecule has 1 rings (SSSR count). The maximum Gasteiger partial charge on any atom is 0.151 e. The number of sulfone groups is 1. The van der Waals surface area contributed by atoms with Crippen molar-refractivity contribution in [2.75, 3.05) is 12.8 Å². The van der Waals surface area contributed by atoms with Crippen LogP contribution in [0.15, 0.2) is 24.3 Å². The quantitative estimate of drug-likeness (QED) is 0.835. The Bertz CT molecular complexity index is 497. The summed E-state index contributed by atoms with van der Waals surface area (Å²) < 4.78 is 23.5. The molecule has 0 bridgehead atoms. The van der Waals surface area contributed by atoms with E-state index < -0.39 is 9.84 Å². The molecule has 0 radical (unpaired) electrons. The van der Waals surface area contributed by atoms with Gasteiger partial charge in [0.15, 0.2) is 9.84 Å². The summed E-state index contributed by atoms with van der Waals surface area (Å²) in [4.78, 5) is 0. The molecule has 3 nitrogen and oxygen atoms in total. The van der Waals surface area contributed by atoms with Gasteiger partial charge in [0, 0.05) is 12.3 Å². The van der Waals surface area contributed by atoms with Crippen LogP contribution in [-0.2, 0) is 16.3 Å². The lowest BCUT2D eigenvalue weighted by Gasteiger charge is -2.24. The van der Waals surface area contributed by atoms with Gasteiger partial charge in [0.05, 0.1) is 5.25 Å². The summed E-state index contributed by atoms with van der Waals surface area (Å²) in [6.07, 6.45) is 3.06. The highest BCUT2D eigenvalue weighted by molar-refractivity contribution is 7.91. The first kappa shape index (κ1) is 16.2. The fourth-order valence-corrected chi connectivity index (χ4v) is 2.91. The zero-order valence-corrected chi connectivity index (χ0v) is 13.1. The average molecular weight is 283 g/mol. The highest BCUT2D eigenvalue weighted by atomic mass is 32.2. The van der Waals surface area contributed by atoms with Gasteiger partial charge in [0.25, 0.3) is 0 Å². The highest BCUT2D eigenvalue weighted by Crippen LogP contribution is 2.13. The Hall–Kier alpha value is -0.870. The standard InChI is InChI=1S/C15H25NO2S/c1-5-9-16-15(13(3)19(4,17)18)11-14-8-6-7-12(2)10-14/h6-8,10,13,15-16H,5,9,11H2,1-4H3. The van der Waals surface area contributed by atoms with Gasteiger partial charge in [-0.1, -0.05) is 36.8 Å². The molecule has 0 saturated carbocycles. The third-order valence-corrected chi connectivity index (χ3v) is 5.12. The van der Waals surface area contributed by atoms with E-state index in [1.807, 2.05) is 6.07 Å². The summed E-state index contributed by atoms with van der Waals surface area (Å²) >= 11 is 0. The van der Waals surface area contributed by atoms with Crippen LogP contribution in [0.2, 0.25) is 0 Å². The van der Waals surface area contributed by atoms with E-state index in [9.17, 15) is 8.42 Å². The van der Waals surface area contributed by atoms with E-state index in [0.717, 1.165) is 19.4 Å². The molecule has 1 aromatic carbocycles. The predicted octanol–water partition coefficient (Wildman–Crippen LogP) is 2.34. The zero-order chi connectivity index (χ0) is 14.5. The lowest BCUT2D eigenvalue weighted by molar-refractivity contribution is 0.482. The second-order valence-electron chi connectivity index (χ2n) is 5.29. The molecule has 0 heterocycles. The Balaban J connectivity index is 2.85. The van der Waals surface area contributed by atoms with Crippen LogP contribution in [0.4, 0.5) is 0 Å². The van der Waals surface area contributed by atoms with Crippen LogP contribution in [0.1, 0.15) is 31.4 Å². The monoisotopic (exact) mass is 283 g/mol. The molecule has 0 amide bonds. The molecule has 1 aromatic rings. The van der Waals surface area contributed by atoms with Crippen LogP contribution in [0.25, 0.3) is 0 Å². The molecule has 0 fully saturated rings. The third kappa shape index (κ3) is 5.33. The Morgan fingerprint density at radius 1 is 1.32 bits per heavy atom. The molecule has 0 aliphatic heterocycles. The number of hydrogen-bond acceptors (Lipinski definition) is 3. The minimum atomic E-state index is -3.03. The van der Waals surface area contributed by atoms with Crippen LogP contribution < -0.4 is 5.32 Å². The van der Waals surface area contributed by atoms with Crippen molar-refractivity contribution in [1.29, 1.82) is 0 Å². The van der Waals surface area contributed by atoms with Gasteiger partial charge in [-0.15, -0.1) is 0 Å². The van der Waals surface area contributed by atoms with Gasteiger partial charge < -0.3 is 5.32 Å². The molecule has 2 unspecified atom stereocenters. The van der Waals surface area contributed by atoms with Crippen molar-refractivity contribution in [3.63, 3.8) is 0 Å². The van der Waals surface area contributed by atoms with Gasteiger partial charge in [-0.25, -0.2) is 8.42 Å². The maximum atomic E-state index is 11.8. The van der Waals surface area contributed by atoms with Crippen LogP contribution in [0, 0.1) is 6.92 Å². The lowest BCUT2D eigenvalue weighted by atomic mass is 10.0. The van der Waals surface area contributed by atoms with Crippen molar-refractivity contribution in [3.8, 4) is 0 Å². The maximum absolute atomic E-state index is 11.8. The molecule has 1 N–H and O–H groups in total. The fourth-order valence-electron chi connectivity index (χ4n) is 2.13. The SMILES string of the molecule is CCCNC(Cc1cccc(C)c1)C(C)S(C)(=O)=O. The summed E-state index contributed by atoms with van der Waals surface area (Å²) in [6, 6.07) is 8.22. The second-order valence-corrected chi connectivity index (χ2v) is 7.69. The number of hydrogen-bond donors (Lipinski definition) is 1. The Morgan fingerprint density at radius 2 is 2.00 bits per heavy atom. The minimum Gasteiger partial charge on any atom is -0.312 e. The van der Waals surface area contributed by atoms with E-state index in [1.165, 1.54) is 17.4 Å². The minimum absolute atomic E-state index is 0.0308. The largest absolute Gasteiger partial charge is 0.312 e. The molecule has 0 aromatic heterocycles. The van der Waals surface area contributed by atoms with E-state index in [0.29, 0.717) is 0 Å². The van der Waals surface area contributed by atoms with Crippen LogP contribution in [0.5, 0.6) is 0 Å². The van der Waals surface area contributed by atoms with Gasteiger partial charge in [-0.2, -0.15) is 0 Å². The molecule has 2 atom stereocenters. The average Bonchev–Trinajstić information content (AvgIpc) is 2.32. The van der Waals surface area contributed by atoms with Gasteiger partial charge in [0.1, 0.15) is 0 Å². The van der Waals surface area contributed by atoms with Gasteiger partial charge in [0.2, 0.25) is 0 Å². The number of nitrogens with one attached hydrogen (secondary N) is 1. The summed E-state index contributed by atoms with van der Waals surface area (Å²) in [6.45, 7) is 6.77. The van der Waals surface area contributed by atoms with Gasteiger partial charge >= 0.3 is 0 Å². The Morgan fingerprint density at radius 3 is 2.53 bits per heavy atom. The van der Waals surface area contributed by atoms with E-state index in [-0.39, 0.29) is 11.3 Å². The fraction of sp³-hybridized carbons (Fsp3) is 0.600. The Labute approximate surface area is 117 Å². The van der Waals surface area contributed by atoms with Crippen LogP contribution in [-0.4, -0.2) is 32.5 Å². The summed E-state index contributed by atoms with van der Waals surface area (Å²) in [7, 11) is -3.03. The van der Waals surface area contributed by atoms with Crippen molar-refractivity contribution in [3.05, 3.63) is 35.4 Å². The lowest BCUT2D eigenvalue weighted by Crippen LogP contribution is -2.44. The van der Waals surface area contributed by atoms with E-state index >= 15 is 0 Å². The zero-order valence-electron chi connectivity index (χ0n) is 12.3. The molecule has 4 heteroatoms. The first-order valence-corrected chi connectivity index (χ1v) is 8.78. The van der Waals surface area contributed by atoms with Gasteiger partial charge in [-0.3, -0.25) is 0 Å². The highest BCUT2D eigenvalue weighted by Gasteiger charge is 2.25. The molecule has 19 heavy (non-hydrogen) atoms. The number of benzene rings is 1. The third-order valence-electron chi connectivity index (χ3n) is 3.44. The Kier molecular flexibility index (Phi) is 6.01. The first-order valence-electron chi connectivity index (χ1n) is 6.82. The summed E-state index contributed by atoms with van der Waals surface area (Å²) in [5.74, 6) is 0. The van der Waals surface area contributed by atoms with Gasteiger partial charge in [-0.05, 0) is 38.8 Å². The van der Waals surface area contributed by atoms with Crippen molar-refractivity contribution in [2.24, 2.45) is 0 Å². The molecule has 108 valence electrons. The number of aryl methyl sites for hydroxylation is 1. The van der Waals surface area contributed by atoms with E-state index in [4.69, 9.17) is 0 Å². The topological polar surface area (TPSA) is 46.2 Å². The predicted molar refractivity (Wildman–Crippen MR) is 81.3 cm³/mol. The first-order chi connectivity index (χ1) is 8.84. The van der Waals surface area contributed by atoms with E-state index in [1.54, 1.807) is 6.92 Å². The molecule has 0 saturated heterocycles. The normalized spacial score (nSPS) is 15.2. The van der Waals surface area contributed by atoms with Crippen molar-refractivity contribution >= 4 is 9.84 Å². The molecular formula is C15H25NO2S. The van der Waals surface area contributed by atoms with Crippen molar-refractivity contribution in [1.82, 2.24) is 5.32 Å². The summed E-state index contributed by atoms with van der Waals surface area (Å²) in [5.41, 5.74) is 2.39.